The van der Waals surface area contributed by atoms with Gasteiger partial charge in [-0.05, 0) is 63.0 Å². The molecule has 1 aliphatic rings. The fraction of sp³-hybridized carbons (Fsp3) is 0.591. The van der Waals surface area contributed by atoms with Crippen LogP contribution in [-0.4, -0.2) is 55.8 Å². The molecule has 2 aromatic rings. The van der Waals surface area contributed by atoms with Crippen molar-refractivity contribution in [2.24, 2.45) is 5.92 Å². The maximum absolute atomic E-state index is 12.3. The fourth-order valence-electron chi connectivity index (χ4n) is 4.03. The van der Waals surface area contributed by atoms with Gasteiger partial charge in [0.15, 0.2) is 0 Å². The number of amides is 1. The largest absolute Gasteiger partial charge is 0.497 e. The van der Waals surface area contributed by atoms with Crippen LogP contribution in [0.4, 0.5) is 0 Å². The Kier molecular flexibility index (Phi) is 7.34. The molecule has 3 rings (SSSR count). The normalized spacial score (nSPS) is 15.8. The predicted molar refractivity (Wildman–Crippen MR) is 112 cm³/mol. The summed E-state index contributed by atoms with van der Waals surface area (Å²) < 4.78 is 12.7. The van der Waals surface area contributed by atoms with Gasteiger partial charge in [-0.2, -0.15) is 0 Å². The lowest BCUT2D eigenvalue weighted by Gasteiger charge is -2.31. The quantitative estimate of drug-likeness (QED) is 0.672. The van der Waals surface area contributed by atoms with Crippen LogP contribution in [0.25, 0.3) is 10.9 Å². The molecule has 1 fully saturated rings. The van der Waals surface area contributed by atoms with Crippen LogP contribution in [0.15, 0.2) is 24.4 Å². The third-order valence-electron chi connectivity index (χ3n) is 5.69. The zero-order chi connectivity index (χ0) is 19.9. The number of hydrogen-bond donors (Lipinski definition) is 1. The summed E-state index contributed by atoms with van der Waals surface area (Å²) in [5.74, 6) is 1.23. The lowest BCUT2D eigenvalue weighted by Crippen LogP contribution is -2.40. The van der Waals surface area contributed by atoms with Gasteiger partial charge in [0.25, 0.3) is 0 Å². The molecule has 0 bridgehead atoms. The molecule has 1 aliphatic heterocycles. The van der Waals surface area contributed by atoms with E-state index in [4.69, 9.17) is 9.47 Å². The number of ether oxygens (including phenoxy) is 2. The van der Waals surface area contributed by atoms with Crippen LogP contribution in [-0.2, 0) is 22.6 Å². The predicted octanol–water partition coefficient (Wildman–Crippen LogP) is 3.03. The first-order chi connectivity index (χ1) is 13.7. The van der Waals surface area contributed by atoms with Gasteiger partial charge in [0.05, 0.1) is 7.11 Å². The summed E-state index contributed by atoms with van der Waals surface area (Å²) in [4.78, 5) is 14.8. The summed E-state index contributed by atoms with van der Waals surface area (Å²) in [6.45, 7) is 7.34. The molecule has 0 aliphatic carbocycles. The Balaban J connectivity index is 1.58. The second kappa shape index (κ2) is 9.94. The molecule has 0 atom stereocenters. The molecule has 1 aromatic heterocycles. The maximum Gasteiger partial charge on any atom is 0.223 e. The summed E-state index contributed by atoms with van der Waals surface area (Å²) in [6, 6.07) is 6.30. The van der Waals surface area contributed by atoms with Crippen molar-refractivity contribution in [2.45, 2.75) is 39.3 Å². The van der Waals surface area contributed by atoms with Crippen molar-refractivity contribution in [3.63, 3.8) is 0 Å². The number of nitrogens with zero attached hydrogens (tertiary/aromatic N) is 2. The van der Waals surface area contributed by atoms with Gasteiger partial charge in [-0.15, -0.1) is 0 Å². The fourth-order valence-corrected chi connectivity index (χ4v) is 4.03. The van der Waals surface area contributed by atoms with Crippen molar-refractivity contribution in [1.29, 1.82) is 0 Å². The highest BCUT2D eigenvalue weighted by Gasteiger charge is 2.25. The first-order valence-electron chi connectivity index (χ1n) is 10.3. The third-order valence-corrected chi connectivity index (χ3v) is 5.69. The van der Waals surface area contributed by atoms with E-state index in [1.54, 1.807) is 14.2 Å². The first kappa shape index (κ1) is 20.7. The van der Waals surface area contributed by atoms with E-state index in [2.05, 4.69) is 40.0 Å². The van der Waals surface area contributed by atoms with E-state index in [9.17, 15) is 4.79 Å². The number of carbonyl (C=O) groups is 1. The number of benzene rings is 1. The minimum Gasteiger partial charge on any atom is -0.497 e. The Bertz CT molecular complexity index is 779. The number of piperidine rings is 1. The Morgan fingerprint density at radius 2 is 2.04 bits per heavy atom. The zero-order valence-electron chi connectivity index (χ0n) is 17.4. The molecule has 6 heteroatoms. The lowest BCUT2D eigenvalue weighted by atomic mass is 9.95. The van der Waals surface area contributed by atoms with Gasteiger partial charge in [0.1, 0.15) is 5.75 Å². The van der Waals surface area contributed by atoms with Crippen molar-refractivity contribution in [1.82, 2.24) is 14.8 Å². The highest BCUT2D eigenvalue weighted by Crippen LogP contribution is 2.28. The second-order valence-electron chi connectivity index (χ2n) is 7.51. The number of nitrogens with one attached hydrogen (secondary N) is 1. The molecule has 1 amide bonds. The summed E-state index contributed by atoms with van der Waals surface area (Å²) in [5, 5.41) is 4.31. The van der Waals surface area contributed by atoms with E-state index >= 15 is 0 Å². The summed E-state index contributed by atoms with van der Waals surface area (Å²) in [7, 11) is 3.40. The number of carbonyl (C=O) groups excluding carboxylic acids is 1. The highest BCUT2D eigenvalue weighted by molar-refractivity contribution is 5.85. The Hall–Kier alpha value is -2.05. The number of fused-ring (bicyclic) bond motifs is 1. The van der Waals surface area contributed by atoms with Crippen LogP contribution in [0.2, 0.25) is 0 Å². The van der Waals surface area contributed by atoms with E-state index in [0.717, 1.165) is 51.2 Å². The molecular weight excluding hydrogens is 354 g/mol. The van der Waals surface area contributed by atoms with Gasteiger partial charge in [0, 0.05) is 56.4 Å². The minimum absolute atomic E-state index is 0.135. The van der Waals surface area contributed by atoms with Crippen LogP contribution < -0.4 is 10.1 Å². The highest BCUT2D eigenvalue weighted by atomic mass is 16.5. The summed E-state index contributed by atoms with van der Waals surface area (Å²) >= 11 is 0. The van der Waals surface area contributed by atoms with Crippen LogP contribution >= 0.6 is 0 Å². The number of aryl methyl sites for hydroxylation is 1. The monoisotopic (exact) mass is 387 g/mol. The van der Waals surface area contributed by atoms with E-state index in [1.807, 2.05) is 6.07 Å². The average molecular weight is 388 g/mol. The van der Waals surface area contributed by atoms with Crippen molar-refractivity contribution >= 4 is 16.8 Å². The maximum atomic E-state index is 12.3. The Labute approximate surface area is 167 Å². The number of rotatable bonds is 9. The van der Waals surface area contributed by atoms with Crippen LogP contribution in [0, 0.1) is 5.92 Å². The number of aromatic nitrogens is 1. The molecule has 0 spiro atoms. The third kappa shape index (κ3) is 4.86. The van der Waals surface area contributed by atoms with Gasteiger partial charge in [-0.3, -0.25) is 9.69 Å². The zero-order valence-corrected chi connectivity index (χ0v) is 17.4. The molecule has 2 heterocycles. The smallest absolute Gasteiger partial charge is 0.223 e. The number of methoxy groups -OCH3 is 2. The molecule has 1 saturated heterocycles. The lowest BCUT2D eigenvalue weighted by molar-refractivity contribution is -0.126. The Morgan fingerprint density at radius 1 is 1.25 bits per heavy atom. The first-order valence-corrected chi connectivity index (χ1v) is 10.3. The second-order valence-corrected chi connectivity index (χ2v) is 7.51. The van der Waals surface area contributed by atoms with E-state index < -0.39 is 0 Å². The van der Waals surface area contributed by atoms with Crippen molar-refractivity contribution in [3.8, 4) is 5.75 Å². The average Bonchev–Trinajstić information content (AvgIpc) is 3.08. The molecule has 6 nitrogen and oxygen atoms in total. The van der Waals surface area contributed by atoms with Crippen LogP contribution in [0.3, 0.4) is 0 Å². The van der Waals surface area contributed by atoms with Crippen LogP contribution in [0.5, 0.6) is 5.75 Å². The van der Waals surface area contributed by atoms with Gasteiger partial charge >= 0.3 is 0 Å². The molecular formula is C22H33N3O3. The topological polar surface area (TPSA) is 55.7 Å². The van der Waals surface area contributed by atoms with E-state index in [0.29, 0.717) is 13.2 Å². The van der Waals surface area contributed by atoms with Crippen molar-refractivity contribution < 1.29 is 14.3 Å². The SMILES string of the molecule is CCn1cc(CN2CCC(C(=O)NCCCOC)CC2)c2cc(OC)ccc21. The van der Waals surface area contributed by atoms with Gasteiger partial charge in [0.2, 0.25) is 5.91 Å². The van der Waals surface area contributed by atoms with Crippen molar-refractivity contribution in [2.75, 3.05) is 40.5 Å². The molecule has 0 unspecified atom stereocenters. The molecule has 1 aromatic carbocycles. The summed E-state index contributed by atoms with van der Waals surface area (Å²) in [6.07, 6.45) is 4.97. The standard InChI is InChI=1S/C22H33N3O3/c1-4-25-16-18(20-14-19(28-3)6-7-21(20)25)15-24-11-8-17(9-12-24)22(26)23-10-5-13-27-2/h6-7,14,16-17H,4-5,8-13,15H2,1-3H3,(H,23,26). The molecule has 0 radical (unpaired) electrons. The van der Waals surface area contributed by atoms with Crippen LogP contribution in [0.1, 0.15) is 31.7 Å². The van der Waals surface area contributed by atoms with E-state index in [-0.39, 0.29) is 11.8 Å². The summed E-state index contributed by atoms with van der Waals surface area (Å²) in [5.41, 5.74) is 2.59. The van der Waals surface area contributed by atoms with Crippen molar-refractivity contribution in [3.05, 3.63) is 30.0 Å². The molecule has 28 heavy (non-hydrogen) atoms. The van der Waals surface area contributed by atoms with Gasteiger partial charge < -0.3 is 19.4 Å². The molecule has 0 saturated carbocycles. The molecule has 154 valence electrons. The van der Waals surface area contributed by atoms with Gasteiger partial charge in [-0.1, -0.05) is 0 Å². The van der Waals surface area contributed by atoms with Gasteiger partial charge in [-0.25, -0.2) is 0 Å². The van der Waals surface area contributed by atoms with E-state index in [1.165, 1.54) is 16.5 Å². The molecule has 1 N–H and O–H groups in total. The Morgan fingerprint density at radius 3 is 2.71 bits per heavy atom. The number of likely N-dealkylation sites (tertiary alicyclic amines) is 1. The minimum atomic E-state index is 0.135. The number of hydrogen-bond acceptors (Lipinski definition) is 4.